The van der Waals surface area contributed by atoms with Gasteiger partial charge in [0.25, 0.3) is 0 Å². The highest BCUT2D eigenvalue weighted by molar-refractivity contribution is 6.71. The zero-order chi connectivity index (χ0) is 18.0. The predicted molar refractivity (Wildman–Crippen MR) is 111 cm³/mol. The van der Waals surface area contributed by atoms with Gasteiger partial charge in [-0.3, -0.25) is 0 Å². The van der Waals surface area contributed by atoms with Gasteiger partial charge >= 0.3 is 0 Å². The van der Waals surface area contributed by atoms with Gasteiger partial charge in [0, 0.05) is 0 Å². The van der Waals surface area contributed by atoms with Gasteiger partial charge in [0.1, 0.15) is 5.75 Å². The van der Waals surface area contributed by atoms with Crippen molar-refractivity contribution < 1.29 is 4.43 Å². The molecule has 0 aliphatic rings. The first kappa shape index (κ1) is 21.0. The van der Waals surface area contributed by atoms with Gasteiger partial charge in [-0.2, -0.15) is 0 Å². The highest BCUT2D eigenvalue weighted by Gasteiger charge is 2.23. The molecule has 0 aromatic heterocycles. The molecule has 1 aromatic rings. The van der Waals surface area contributed by atoms with E-state index in [1.807, 2.05) is 0 Å². The Balaban J connectivity index is 2.50. The van der Waals surface area contributed by atoms with Gasteiger partial charge in [0.15, 0.2) is 0 Å². The molecule has 1 nitrogen and oxygen atoms in total. The molecule has 2 heteroatoms. The van der Waals surface area contributed by atoms with Crippen molar-refractivity contribution >= 4 is 8.32 Å². The highest BCUT2D eigenvalue weighted by Crippen LogP contribution is 2.26. The van der Waals surface area contributed by atoms with Crippen molar-refractivity contribution in [1.29, 1.82) is 0 Å². The minimum absolute atomic E-state index is 0.624. The van der Waals surface area contributed by atoms with Gasteiger partial charge in [-0.25, -0.2) is 0 Å². The zero-order valence-corrected chi connectivity index (χ0v) is 17.8. The van der Waals surface area contributed by atoms with E-state index in [4.69, 9.17) is 4.43 Å². The van der Waals surface area contributed by atoms with Crippen LogP contribution in [-0.2, 0) is 0 Å². The molecule has 0 spiro atoms. The van der Waals surface area contributed by atoms with Crippen LogP contribution in [0.5, 0.6) is 5.75 Å². The zero-order valence-electron chi connectivity index (χ0n) is 16.8. The molecule has 1 atom stereocenters. The highest BCUT2D eigenvalue weighted by atomic mass is 28.4. The van der Waals surface area contributed by atoms with Crippen molar-refractivity contribution in [2.24, 2.45) is 0 Å². The molecule has 0 heterocycles. The maximum Gasteiger partial charge on any atom is 0.245 e. The van der Waals surface area contributed by atoms with E-state index in [-0.39, 0.29) is 0 Å². The van der Waals surface area contributed by atoms with Crippen molar-refractivity contribution in [2.45, 2.75) is 91.3 Å². The molecule has 1 rings (SSSR count). The summed E-state index contributed by atoms with van der Waals surface area (Å²) in [6, 6.07) is 10.1. The van der Waals surface area contributed by atoms with Crippen LogP contribution in [0.15, 0.2) is 35.9 Å². The van der Waals surface area contributed by atoms with E-state index in [1.165, 1.54) is 49.3 Å². The Kier molecular flexibility index (Phi) is 9.43. The summed E-state index contributed by atoms with van der Waals surface area (Å²) in [5.74, 6) is 1.68. The molecule has 24 heavy (non-hydrogen) atoms. The fraction of sp³-hybridized carbons (Fsp3) is 0.636. The van der Waals surface area contributed by atoms with Crippen LogP contribution < -0.4 is 4.43 Å². The molecule has 0 amide bonds. The standard InChI is InChI=1S/C22H38OSi/c1-7-9-18-24(5,6)23-22-16-14-21(15-17-22)20(4)13-10-12-19(3)11-8-2/h11,14-17,20H,7-10,12-13,18H2,1-6H3/b19-11+. The number of hydrogen-bond acceptors (Lipinski definition) is 1. The molecule has 136 valence electrons. The first-order valence-electron chi connectivity index (χ1n) is 9.82. The van der Waals surface area contributed by atoms with E-state index in [2.05, 4.69) is 71.1 Å². The lowest BCUT2D eigenvalue weighted by Crippen LogP contribution is -2.33. The Bertz CT molecular complexity index is 487. The third-order valence-corrected chi connectivity index (χ3v) is 7.08. The first-order chi connectivity index (χ1) is 11.4. The molecule has 0 saturated heterocycles. The molecular weight excluding hydrogens is 308 g/mol. The van der Waals surface area contributed by atoms with Crippen LogP contribution in [-0.4, -0.2) is 8.32 Å². The summed E-state index contributed by atoms with van der Waals surface area (Å²) in [6.07, 6.45) is 9.80. The van der Waals surface area contributed by atoms with E-state index in [0.717, 1.165) is 12.2 Å². The first-order valence-corrected chi connectivity index (χ1v) is 12.9. The summed E-state index contributed by atoms with van der Waals surface area (Å²) in [7, 11) is -1.56. The Morgan fingerprint density at radius 3 is 2.38 bits per heavy atom. The van der Waals surface area contributed by atoms with Gasteiger partial charge in [0.05, 0.1) is 0 Å². The van der Waals surface area contributed by atoms with Crippen LogP contribution >= 0.6 is 0 Å². The van der Waals surface area contributed by atoms with Crippen LogP contribution in [0.2, 0.25) is 19.1 Å². The monoisotopic (exact) mass is 346 g/mol. The summed E-state index contributed by atoms with van der Waals surface area (Å²) in [5, 5.41) is 0. The number of allylic oxidation sites excluding steroid dienone is 2. The van der Waals surface area contributed by atoms with Crippen molar-refractivity contribution in [3.05, 3.63) is 41.5 Å². The minimum atomic E-state index is -1.56. The molecule has 0 fully saturated rings. The number of unbranched alkanes of at least 4 members (excludes halogenated alkanes) is 1. The fourth-order valence-electron chi connectivity index (χ4n) is 3.14. The largest absolute Gasteiger partial charge is 0.544 e. The average molecular weight is 347 g/mol. The molecule has 0 bridgehead atoms. The molecule has 0 saturated carbocycles. The third-order valence-electron chi connectivity index (χ3n) is 4.74. The van der Waals surface area contributed by atoms with Crippen LogP contribution in [0.4, 0.5) is 0 Å². The topological polar surface area (TPSA) is 9.23 Å². The maximum absolute atomic E-state index is 6.31. The molecule has 0 aliphatic carbocycles. The lowest BCUT2D eigenvalue weighted by molar-refractivity contribution is 0.541. The smallest absolute Gasteiger partial charge is 0.245 e. The quantitative estimate of drug-likeness (QED) is 0.294. The second kappa shape index (κ2) is 10.8. The molecule has 1 aromatic carbocycles. The van der Waals surface area contributed by atoms with E-state index >= 15 is 0 Å². The lowest BCUT2D eigenvalue weighted by atomic mass is 9.94. The molecule has 0 N–H and O–H groups in total. The Morgan fingerprint density at radius 2 is 1.79 bits per heavy atom. The second-order valence-electron chi connectivity index (χ2n) is 7.79. The molecule has 0 aliphatic heterocycles. The van der Waals surface area contributed by atoms with Gasteiger partial charge in [0.2, 0.25) is 8.32 Å². The molecule has 1 unspecified atom stereocenters. The van der Waals surface area contributed by atoms with Crippen LogP contribution in [0, 0.1) is 0 Å². The summed E-state index contributed by atoms with van der Waals surface area (Å²) in [5.41, 5.74) is 2.97. The van der Waals surface area contributed by atoms with Gasteiger partial charge in [-0.15, -0.1) is 0 Å². The van der Waals surface area contributed by atoms with E-state index < -0.39 is 8.32 Å². The SMILES string of the molecule is CC/C=C(\C)CCCC(C)c1ccc(O[Si](C)(C)CCCC)cc1. The summed E-state index contributed by atoms with van der Waals surface area (Å²) < 4.78 is 6.31. The Labute approximate surface area is 151 Å². The van der Waals surface area contributed by atoms with Gasteiger partial charge in [-0.1, -0.05) is 57.4 Å². The summed E-state index contributed by atoms with van der Waals surface area (Å²) >= 11 is 0. The van der Waals surface area contributed by atoms with Crippen LogP contribution in [0.3, 0.4) is 0 Å². The van der Waals surface area contributed by atoms with Crippen LogP contribution in [0.1, 0.15) is 77.7 Å². The van der Waals surface area contributed by atoms with Crippen LogP contribution in [0.25, 0.3) is 0 Å². The predicted octanol–water partition coefficient (Wildman–Crippen LogP) is 7.70. The van der Waals surface area contributed by atoms with E-state index in [0.29, 0.717) is 5.92 Å². The number of rotatable bonds is 11. The average Bonchev–Trinajstić information content (AvgIpc) is 2.53. The molecular formula is C22H38OSi. The summed E-state index contributed by atoms with van der Waals surface area (Å²) in [4.78, 5) is 0. The van der Waals surface area contributed by atoms with E-state index in [1.54, 1.807) is 0 Å². The van der Waals surface area contributed by atoms with E-state index in [9.17, 15) is 0 Å². The Hall–Kier alpha value is -1.02. The third kappa shape index (κ3) is 8.19. The summed E-state index contributed by atoms with van der Waals surface area (Å²) in [6.45, 7) is 13.7. The van der Waals surface area contributed by atoms with Crippen molar-refractivity contribution in [2.75, 3.05) is 0 Å². The lowest BCUT2D eigenvalue weighted by Gasteiger charge is -2.24. The van der Waals surface area contributed by atoms with Crippen molar-refractivity contribution in [3.8, 4) is 5.75 Å². The van der Waals surface area contributed by atoms with Crippen molar-refractivity contribution in [3.63, 3.8) is 0 Å². The Morgan fingerprint density at radius 1 is 1.12 bits per heavy atom. The fourth-order valence-corrected chi connectivity index (χ4v) is 5.22. The minimum Gasteiger partial charge on any atom is -0.544 e. The molecule has 0 radical (unpaired) electrons. The normalized spacial score (nSPS) is 13.8. The van der Waals surface area contributed by atoms with Gasteiger partial charge < -0.3 is 4.43 Å². The number of hydrogen-bond donors (Lipinski definition) is 0. The van der Waals surface area contributed by atoms with Gasteiger partial charge in [-0.05, 0) is 75.4 Å². The second-order valence-corrected chi connectivity index (χ2v) is 12.0. The number of benzene rings is 1. The maximum atomic E-state index is 6.31. The van der Waals surface area contributed by atoms with Crippen molar-refractivity contribution in [1.82, 2.24) is 0 Å².